The third-order valence-corrected chi connectivity index (χ3v) is 5.07. The van der Waals surface area contributed by atoms with Crippen LogP contribution < -0.4 is 10.6 Å². The number of phenols is 1. The standard InChI is InChI=1S/C25H22N2O4/c1-2-31-24(29)19-14-13-18(15-20(19)28)23-21(16-9-5-3-6-10-16)22(26-25(30)27-23)17-11-7-4-8-12-17/h3-15,23,28H,2H2,1H3,(H2,26,27,30). The summed E-state index contributed by atoms with van der Waals surface area (Å²) in [5.41, 5.74) is 4.07. The molecule has 3 aromatic rings. The topological polar surface area (TPSA) is 87.7 Å². The van der Waals surface area contributed by atoms with Crippen molar-refractivity contribution in [2.75, 3.05) is 6.61 Å². The Morgan fingerprint density at radius 1 is 0.968 bits per heavy atom. The minimum atomic E-state index is -0.593. The van der Waals surface area contributed by atoms with Crippen LogP contribution in [-0.4, -0.2) is 23.7 Å². The summed E-state index contributed by atoms with van der Waals surface area (Å²) in [5, 5.41) is 16.4. The van der Waals surface area contributed by atoms with Crippen LogP contribution in [0.15, 0.2) is 78.9 Å². The number of rotatable bonds is 5. The number of aromatic hydroxyl groups is 1. The van der Waals surface area contributed by atoms with Crippen LogP contribution in [0, 0.1) is 0 Å². The molecule has 3 aromatic carbocycles. The van der Waals surface area contributed by atoms with E-state index in [-0.39, 0.29) is 24.0 Å². The molecule has 4 rings (SSSR count). The largest absolute Gasteiger partial charge is 0.507 e. The van der Waals surface area contributed by atoms with E-state index in [9.17, 15) is 14.7 Å². The van der Waals surface area contributed by atoms with Gasteiger partial charge >= 0.3 is 12.0 Å². The highest BCUT2D eigenvalue weighted by atomic mass is 16.5. The molecule has 1 aliphatic heterocycles. The molecular weight excluding hydrogens is 392 g/mol. The Morgan fingerprint density at radius 2 is 1.61 bits per heavy atom. The molecule has 0 saturated carbocycles. The zero-order valence-electron chi connectivity index (χ0n) is 17.0. The van der Waals surface area contributed by atoms with Crippen LogP contribution in [-0.2, 0) is 4.74 Å². The SMILES string of the molecule is CCOC(=O)c1ccc(C2NC(=O)NC(c3ccccc3)=C2c2ccccc2)cc1O. The van der Waals surface area contributed by atoms with E-state index in [4.69, 9.17) is 4.74 Å². The minimum Gasteiger partial charge on any atom is -0.507 e. The van der Waals surface area contributed by atoms with Crippen LogP contribution in [0.4, 0.5) is 4.79 Å². The second-order valence-electron chi connectivity index (χ2n) is 7.05. The number of amides is 2. The molecule has 6 heteroatoms. The minimum absolute atomic E-state index is 0.0828. The van der Waals surface area contributed by atoms with Crippen molar-refractivity contribution in [1.82, 2.24) is 10.6 Å². The predicted molar refractivity (Wildman–Crippen MR) is 118 cm³/mol. The highest BCUT2D eigenvalue weighted by Crippen LogP contribution is 2.39. The van der Waals surface area contributed by atoms with E-state index in [1.807, 2.05) is 60.7 Å². The van der Waals surface area contributed by atoms with Crippen LogP contribution in [0.5, 0.6) is 5.75 Å². The molecule has 1 aliphatic rings. The molecule has 0 aromatic heterocycles. The summed E-state index contributed by atoms with van der Waals surface area (Å²) in [6.45, 7) is 1.92. The van der Waals surface area contributed by atoms with Gasteiger partial charge in [0.2, 0.25) is 0 Å². The van der Waals surface area contributed by atoms with Gasteiger partial charge in [0, 0.05) is 5.57 Å². The summed E-state index contributed by atoms with van der Waals surface area (Å²) < 4.78 is 4.99. The van der Waals surface area contributed by atoms with Crippen molar-refractivity contribution in [3.63, 3.8) is 0 Å². The van der Waals surface area contributed by atoms with Crippen molar-refractivity contribution in [1.29, 1.82) is 0 Å². The normalized spacial score (nSPS) is 15.8. The van der Waals surface area contributed by atoms with E-state index in [0.29, 0.717) is 11.3 Å². The van der Waals surface area contributed by atoms with Gasteiger partial charge in [-0.2, -0.15) is 0 Å². The first-order valence-electron chi connectivity index (χ1n) is 10.0. The molecule has 1 unspecified atom stereocenters. The number of carbonyl (C=O) groups is 2. The number of phenolic OH excluding ortho intramolecular Hbond substituents is 1. The third kappa shape index (κ3) is 4.14. The Balaban J connectivity index is 1.87. The number of carbonyl (C=O) groups excluding carboxylic acids is 2. The monoisotopic (exact) mass is 414 g/mol. The number of esters is 1. The van der Waals surface area contributed by atoms with Crippen molar-refractivity contribution >= 4 is 23.3 Å². The molecule has 1 heterocycles. The Kier molecular flexibility index (Phi) is 5.71. The van der Waals surface area contributed by atoms with E-state index < -0.39 is 12.0 Å². The first-order valence-corrected chi connectivity index (χ1v) is 10.0. The lowest BCUT2D eigenvalue weighted by Gasteiger charge is -2.31. The summed E-state index contributed by atoms with van der Waals surface area (Å²) >= 11 is 0. The molecular formula is C25H22N2O4. The molecule has 0 bridgehead atoms. The fourth-order valence-corrected chi connectivity index (χ4v) is 3.69. The van der Waals surface area contributed by atoms with Gasteiger partial charge in [0.1, 0.15) is 11.3 Å². The molecule has 0 spiro atoms. The van der Waals surface area contributed by atoms with E-state index in [1.54, 1.807) is 13.0 Å². The van der Waals surface area contributed by atoms with Gasteiger partial charge in [-0.15, -0.1) is 0 Å². The Bertz CT molecular complexity index is 1140. The van der Waals surface area contributed by atoms with Crippen molar-refractivity contribution in [2.24, 2.45) is 0 Å². The number of hydrogen-bond donors (Lipinski definition) is 3. The molecule has 0 fully saturated rings. The van der Waals surface area contributed by atoms with Crippen LogP contribution in [0.1, 0.15) is 40.0 Å². The molecule has 0 radical (unpaired) electrons. The van der Waals surface area contributed by atoms with Crippen LogP contribution in [0.25, 0.3) is 11.3 Å². The molecule has 156 valence electrons. The zero-order valence-corrected chi connectivity index (χ0v) is 17.0. The Morgan fingerprint density at radius 3 is 2.23 bits per heavy atom. The molecule has 1 atom stereocenters. The predicted octanol–water partition coefficient (Wildman–Crippen LogP) is 4.49. The maximum Gasteiger partial charge on any atom is 0.341 e. The van der Waals surface area contributed by atoms with Crippen molar-refractivity contribution in [3.05, 3.63) is 101 Å². The van der Waals surface area contributed by atoms with E-state index in [0.717, 1.165) is 16.7 Å². The van der Waals surface area contributed by atoms with Gasteiger partial charge in [-0.1, -0.05) is 66.7 Å². The second-order valence-corrected chi connectivity index (χ2v) is 7.05. The maximum atomic E-state index is 12.6. The summed E-state index contributed by atoms with van der Waals surface area (Å²) in [5.74, 6) is -0.790. The smallest absolute Gasteiger partial charge is 0.341 e. The highest BCUT2D eigenvalue weighted by molar-refractivity contribution is 6.03. The fourth-order valence-electron chi connectivity index (χ4n) is 3.69. The van der Waals surface area contributed by atoms with Crippen LogP contribution >= 0.6 is 0 Å². The number of hydrogen-bond acceptors (Lipinski definition) is 4. The van der Waals surface area contributed by atoms with Gasteiger partial charge in [0.25, 0.3) is 0 Å². The number of ether oxygens (including phenoxy) is 1. The van der Waals surface area contributed by atoms with E-state index in [2.05, 4.69) is 10.6 Å². The van der Waals surface area contributed by atoms with Crippen molar-refractivity contribution < 1.29 is 19.4 Å². The van der Waals surface area contributed by atoms with Gasteiger partial charge in [-0.25, -0.2) is 9.59 Å². The Labute approximate surface area is 180 Å². The third-order valence-electron chi connectivity index (χ3n) is 5.07. The first kappa shape index (κ1) is 20.2. The van der Waals surface area contributed by atoms with Gasteiger partial charge < -0.3 is 20.5 Å². The average Bonchev–Trinajstić information content (AvgIpc) is 2.79. The molecule has 6 nitrogen and oxygen atoms in total. The number of nitrogens with one attached hydrogen (secondary N) is 2. The molecule has 0 aliphatic carbocycles. The summed E-state index contributed by atoms with van der Waals surface area (Å²) in [6.07, 6.45) is 0. The number of urea groups is 1. The van der Waals surface area contributed by atoms with Gasteiger partial charge in [0.15, 0.2) is 0 Å². The summed E-state index contributed by atoms with van der Waals surface area (Å²) in [4.78, 5) is 24.6. The summed E-state index contributed by atoms with van der Waals surface area (Å²) in [6, 6.07) is 23.2. The molecule has 31 heavy (non-hydrogen) atoms. The maximum absolute atomic E-state index is 12.6. The van der Waals surface area contributed by atoms with Gasteiger partial charge in [-0.05, 0) is 35.7 Å². The first-order chi connectivity index (χ1) is 15.1. The van der Waals surface area contributed by atoms with Crippen LogP contribution in [0.3, 0.4) is 0 Å². The van der Waals surface area contributed by atoms with E-state index in [1.165, 1.54) is 12.1 Å². The second kappa shape index (κ2) is 8.75. The molecule has 2 amide bonds. The quantitative estimate of drug-likeness (QED) is 0.537. The number of benzene rings is 3. The summed E-state index contributed by atoms with van der Waals surface area (Å²) in [7, 11) is 0. The fraction of sp³-hybridized carbons (Fsp3) is 0.120. The van der Waals surface area contributed by atoms with Gasteiger partial charge in [-0.3, -0.25) is 0 Å². The lowest BCUT2D eigenvalue weighted by atomic mass is 9.87. The lowest BCUT2D eigenvalue weighted by Crippen LogP contribution is -2.43. The average molecular weight is 414 g/mol. The van der Waals surface area contributed by atoms with Crippen LogP contribution in [0.2, 0.25) is 0 Å². The van der Waals surface area contributed by atoms with E-state index >= 15 is 0 Å². The van der Waals surface area contributed by atoms with Crippen molar-refractivity contribution in [2.45, 2.75) is 13.0 Å². The Hall–Kier alpha value is -4.06. The molecule has 0 saturated heterocycles. The lowest BCUT2D eigenvalue weighted by molar-refractivity contribution is 0.0523. The zero-order chi connectivity index (χ0) is 21.8. The highest BCUT2D eigenvalue weighted by Gasteiger charge is 2.30. The van der Waals surface area contributed by atoms with Crippen molar-refractivity contribution in [3.8, 4) is 5.75 Å². The van der Waals surface area contributed by atoms with Gasteiger partial charge in [0.05, 0.1) is 18.3 Å². The molecule has 3 N–H and O–H groups in total.